The van der Waals surface area contributed by atoms with Gasteiger partial charge in [0.1, 0.15) is 30.3 Å². The molecule has 3 amide bonds. The van der Waals surface area contributed by atoms with Crippen molar-refractivity contribution in [2.45, 2.75) is 76.9 Å². The van der Waals surface area contributed by atoms with Crippen molar-refractivity contribution in [3.8, 4) is 5.75 Å². The van der Waals surface area contributed by atoms with Gasteiger partial charge in [-0.15, -0.1) is 0 Å². The lowest BCUT2D eigenvalue weighted by Crippen LogP contribution is -2.58. The Hall–Kier alpha value is -3.46. The number of amides is 3. The van der Waals surface area contributed by atoms with Crippen LogP contribution in [0.2, 0.25) is 0 Å². The number of fused-ring (bicyclic) bond motifs is 1. The fraction of sp³-hybridized carbons (Fsp3) is 0.531. The summed E-state index contributed by atoms with van der Waals surface area (Å²) in [5, 5.41) is 12.2. The molecule has 0 spiro atoms. The van der Waals surface area contributed by atoms with Crippen LogP contribution in [0.4, 0.5) is 4.39 Å². The molecule has 1 aliphatic carbocycles. The van der Waals surface area contributed by atoms with E-state index in [1.165, 1.54) is 12.1 Å². The minimum atomic E-state index is -0.823. The summed E-state index contributed by atoms with van der Waals surface area (Å²) in [6.45, 7) is 7.01. The third kappa shape index (κ3) is 9.01. The predicted octanol–water partition coefficient (Wildman–Crippen LogP) is 3.45. The minimum Gasteiger partial charge on any atom is -0.492 e. The number of ether oxygens (including phenoxy) is 1. The molecule has 1 unspecified atom stereocenters. The van der Waals surface area contributed by atoms with E-state index in [0.29, 0.717) is 38.5 Å². The van der Waals surface area contributed by atoms with E-state index in [1.54, 1.807) is 12.1 Å². The molecule has 1 heterocycles. The van der Waals surface area contributed by atoms with Crippen molar-refractivity contribution in [1.29, 1.82) is 0 Å². The van der Waals surface area contributed by atoms with E-state index in [9.17, 15) is 18.8 Å². The quantitative estimate of drug-likeness (QED) is 0.444. The molecule has 2 aromatic rings. The lowest BCUT2D eigenvalue weighted by atomic mass is 9.96. The molecule has 1 saturated carbocycles. The van der Waals surface area contributed by atoms with Gasteiger partial charge in [0.15, 0.2) is 0 Å². The highest BCUT2D eigenvalue weighted by Gasteiger charge is 2.34. The summed E-state index contributed by atoms with van der Waals surface area (Å²) < 4.78 is 19.6. The summed E-state index contributed by atoms with van der Waals surface area (Å²) in [4.78, 5) is 40.2. The van der Waals surface area contributed by atoms with Crippen molar-refractivity contribution in [2.75, 3.05) is 19.7 Å². The first-order valence-corrected chi connectivity index (χ1v) is 14.8. The van der Waals surface area contributed by atoms with Crippen LogP contribution in [0, 0.1) is 17.7 Å². The van der Waals surface area contributed by atoms with E-state index in [0.717, 1.165) is 36.1 Å². The maximum absolute atomic E-state index is 13.6. The largest absolute Gasteiger partial charge is 0.492 e. The predicted molar refractivity (Wildman–Crippen MR) is 156 cm³/mol. The van der Waals surface area contributed by atoms with Gasteiger partial charge in [0.05, 0.1) is 6.04 Å². The number of rotatable bonds is 5. The maximum Gasteiger partial charge on any atom is 0.243 e. The molecule has 41 heavy (non-hydrogen) atoms. The van der Waals surface area contributed by atoms with Crippen molar-refractivity contribution in [3.63, 3.8) is 0 Å². The summed E-state index contributed by atoms with van der Waals surface area (Å²) in [5.41, 5.74) is 1.83. The molecule has 0 saturated heterocycles. The molecule has 1 fully saturated rings. The van der Waals surface area contributed by atoms with Crippen LogP contribution in [-0.4, -0.2) is 55.5 Å². The van der Waals surface area contributed by atoms with E-state index in [1.807, 2.05) is 38.1 Å². The van der Waals surface area contributed by atoms with E-state index in [-0.39, 0.29) is 35.4 Å². The zero-order valence-corrected chi connectivity index (χ0v) is 24.3. The van der Waals surface area contributed by atoms with E-state index in [4.69, 9.17) is 4.74 Å². The number of halogens is 1. The van der Waals surface area contributed by atoms with Crippen molar-refractivity contribution in [2.24, 2.45) is 11.8 Å². The average Bonchev–Trinajstić information content (AvgIpc) is 3.77. The molecule has 2 aliphatic rings. The van der Waals surface area contributed by atoms with Gasteiger partial charge >= 0.3 is 0 Å². The van der Waals surface area contributed by atoms with Crippen LogP contribution in [-0.2, 0) is 20.8 Å². The topological polar surface area (TPSA) is 109 Å². The van der Waals surface area contributed by atoms with Gasteiger partial charge < -0.3 is 26.0 Å². The Morgan fingerprint density at radius 2 is 1.61 bits per heavy atom. The van der Waals surface area contributed by atoms with Crippen molar-refractivity contribution < 1.29 is 23.5 Å². The molecule has 9 heteroatoms. The van der Waals surface area contributed by atoms with Crippen LogP contribution >= 0.6 is 0 Å². The van der Waals surface area contributed by atoms with Crippen LogP contribution in [0.25, 0.3) is 0 Å². The van der Waals surface area contributed by atoms with Gasteiger partial charge in [-0.1, -0.05) is 63.9 Å². The number of nitrogens with one attached hydrogen (secondary N) is 4. The first-order valence-electron chi connectivity index (χ1n) is 14.8. The van der Waals surface area contributed by atoms with Gasteiger partial charge in [-0.2, -0.15) is 0 Å². The number of para-hydroxylation sites is 1. The van der Waals surface area contributed by atoms with Crippen molar-refractivity contribution in [3.05, 3.63) is 65.5 Å². The highest BCUT2D eigenvalue weighted by Crippen LogP contribution is 2.33. The molecule has 4 rings (SSSR count). The zero-order valence-electron chi connectivity index (χ0n) is 24.3. The highest BCUT2D eigenvalue weighted by atomic mass is 19.1. The van der Waals surface area contributed by atoms with Crippen LogP contribution in [0.5, 0.6) is 5.75 Å². The minimum absolute atomic E-state index is 0.136. The number of hydrogen-bond acceptors (Lipinski definition) is 5. The highest BCUT2D eigenvalue weighted by molar-refractivity contribution is 5.93. The lowest BCUT2D eigenvalue weighted by molar-refractivity contribution is -0.133. The normalized spacial score (nSPS) is 25.1. The van der Waals surface area contributed by atoms with E-state index < -0.39 is 18.1 Å². The fourth-order valence-electron chi connectivity index (χ4n) is 5.19. The summed E-state index contributed by atoms with van der Waals surface area (Å²) >= 11 is 0. The van der Waals surface area contributed by atoms with Crippen LogP contribution in [0.1, 0.15) is 63.5 Å². The smallest absolute Gasteiger partial charge is 0.243 e. The van der Waals surface area contributed by atoms with Gasteiger partial charge in [0.25, 0.3) is 0 Å². The standard InChI is InChI=1S/C32H43FN4O4/c1-20(2)29-32(40)36-27(19-22-8-9-22)30(38)35-15-14-21(3)25-6-4-5-7-28(25)41-17-16-34-26(31(39)37-29)18-23-10-12-24(33)13-11-23/h4-7,10-13,20-22,26-27,29,34H,8-9,14-19H2,1-3H3,(H,35,38)(H,36,40)(H,37,39)/t21?,26-,27+,29-/m1/s1. The molecule has 0 bridgehead atoms. The van der Waals surface area contributed by atoms with Crippen LogP contribution in [0.15, 0.2) is 48.5 Å². The molecule has 222 valence electrons. The number of carbonyl (C=O) groups excluding carboxylic acids is 3. The molecule has 8 nitrogen and oxygen atoms in total. The van der Waals surface area contributed by atoms with Gasteiger partial charge in [0.2, 0.25) is 17.7 Å². The van der Waals surface area contributed by atoms with Gasteiger partial charge in [-0.3, -0.25) is 14.4 Å². The Balaban J connectivity index is 1.58. The van der Waals surface area contributed by atoms with E-state index in [2.05, 4.69) is 28.2 Å². The number of benzene rings is 2. The molecule has 0 aromatic heterocycles. The second-order valence-electron chi connectivity index (χ2n) is 11.7. The Bertz CT molecular complexity index is 1180. The molecule has 1 aliphatic heterocycles. The van der Waals surface area contributed by atoms with Crippen molar-refractivity contribution >= 4 is 17.7 Å². The average molecular weight is 567 g/mol. The second-order valence-corrected chi connectivity index (χ2v) is 11.7. The Morgan fingerprint density at radius 3 is 2.32 bits per heavy atom. The van der Waals surface area contributed by atoms with Gasteiger partial charge in [-0.05, 0) is 66.3 Å². The Kier molecular flexibility index (Phi) is 10.7. The fourth-order valence-corrected chi connectivity index (χ4v) is 5.19. The SMILES string of the molecule is CC1CCNC(=O)[C@H](CC2CC2)NC(=O)[C@@H](C(C)C)NC(=O)[C@@H](Cc2ccc(F)cc2)NCCOc2ccccc21. The number of hydrogen-bond donors (Lipinski definition) is 4. The first kappa shape index (κ1) is 30.5. The number of carbonyl (C=O) groups is 3. The lowest BCUT2D eigenvalue weighted by Gasteiger charge is -2.28. The van der Waals surface area contributed by atoms with Gasteiger partial charge in [-0.25, -0.2) is 4.39 Å². The monoisotopic (exact) mass is 566 g/mol. The van der Waals surface area contributed by atoms with E-state index >= 15 is 0 Å². The molecular weight excluding hydrogens is 523 g/mol. The Labute approximate surface area is 242 Å². The molecule has 2 aromatic carbocycles. The molecule has 0 radical (unpaired) electrons. The summed E-state index contributed by atoms with van der Waals surface area (Å²) in [6.07, 6.45) is 3.71. The van der Waals surface area contributed by atoms with Crippen molar-refractivity contribution in [1.82, 2.24) is 21.3 Å². The zero-order chi connectivity index (χ0) is 29.4. The summed E-state index contributed by atoms with van der Waals surface area (Å²) in [5.74, 6) is -0.150. The molecule has 4 N–H and O–H groups in total. The first-order chi connectivity index (χ1) is 19.7. The second kappa shape index (κ2) is 14.4. The van der Waals surface area contributed by atoms with Crippen LogP contribution < -0.4 is 26.0 Å². The molecular formula is C32H43FN4O4. The third-order valence-electron chi connectivity index (χ3n) is 7.89. The summed E-state index contributed by atoms with van der Waals surface area (Å²) in [6, 6.07) is 11.7. The third-order valence-corrected chi connectivity index (χ3v) is 7.89. The maximum atomic E-state index is 13.6. The summed E-state index contributed by atoms with van der Waals surface area (Å²) in [7, 11) is 0. The van der Waals surface area contributed by atoms with Gasteiger partial charge in [0, 0.05) is 13.1 Å². The van der Waals surface area contributed by atoms with Crippen LogP contribution in [0.3, 0.4) is 0 Å². The molecule has 4 atom stereocenters. The Morgan fingerprint density at radius 1 is 0.878 bits per heavy atom.